The van der Waals surface area contributed by atoms with Crippen molar-refractivity contribution >= 4 is 0 Å². The number of hydrogen-bond donors (Lipinski definition) is 1. The van der Waals surface area contributed by atoms with E-state index in [1.54, 1.807) is 0 Å². The summed E-state index contributed by atoms with van der Waals surface area (Å²) in [5.74, 6) is 1.29. The fourth-order valence-corrected chi connectivity index (χ4v) is 1.98. The summed E-state index contributed by atoms with van der Waals surface area (Å²) in [5, 5.41) is 3.45. The van der Waals surface area contributed by atoms with Crippen LogP contribution in [-0.4, -0.2) is 31.6 Å². The van der Waals surface area contributed by atoms with E-state index in [1.807, 2.05) is 0 Å². The fraction of sp³-hybridized carbons (Fsp3) is 0.875. The van der Waals surface area contributed by atoms with Gasteiger partial charge in [0.2, 0.25) is 0 Å². The van der Waals surface area contributed by atoms with Crippen molar-refractivity contribution < 1.29 is 0 Å². The van der Waals surface area contributed by atoms with Gasteiger partial charge in [0, 0.05) is 12.2 Å². The zero-order chi connectivity index (χ0) is 14.0. The first kappa shape index (κ1) is 17.5. The van der Waals surface area contributed by atoms with E-state index in [-0.39, 0.29) is 0 Å². The molecule has 2 nitrogen and oxygen atoms in total. The first-order chi connectivity index (χ1) is 8.47. The Morgan fingerprint density at radius 1 is 1.17 bits per heavy atom. The molecule has 0 saturated heterocycles. The molecule has 0 rings (SSSR count). The van der Waals surface area contributed by atoms with Crippen LogP contribution in [0, 0.1) is 11.8 Å². The summed E-state index contributed by atoms with van der Waals surface area (Å²) in [5.41, 5.74) is 1.17. The molecule has 0 aromatic heterocycles. The highest BCUT2D eigenvalue weighted by Crippen LogP contribution is 2.09. The van der Waals surface area contributed by atoms with Crippen LogP contribution >= 0.6 is 0 Å². The Morgan fingerprint density at radius 2 is 1.83 bits per heavy atom. The standard InChI is InChI=1S/C16H34N2/c1-7-11-18(6)12-9-8-10-15(4)13-17-16(5)14(2)3/h14-15,17H,5,7-13H2,1-4,6H3. The number of rotatable bonds is 11. The number of allylic oxidation sites excluding steroid dienone is 1. The van der Waals surface area contributed by atoms with Gasteiger partial charge in [-0.3, -0.25) is 0 Å². The molecule has 0 aliphatic heterocycles. The van der Waals surface area contributed by atoms with Gasteiger partial charge in [0.1, 0.15) is 0 Å². The van der Waals surface area contributed by atoms with Crippen molar-refractivity contribution in [1.82, 2.24) is 10.2 Å². The number of nitrogens with zero attached hydrogens (tertiary/aromatic N) is 1. The number of unbranched alkanes of at least 4 members (excludes halogenated alkanes) is 1. The molecule has 2 heteroatoms. The summed E-state index contributed by atoms with van der Waals surface area (Å²) in [6.07, 6.45) is 5.24. The molecule has 0 aliphatic carbocycles. The summed E-state index contributed by atoms with van der Waals surface area (Å²) in [6.45, 7) is 16.5. The third-order valence-corrected chi connectivity index (χ3v) is 3.47. The highest BCUT2D eigenvalue weighted by atomic mass is 15.1. The van der Waals surface area contributed by atoms with Crippen molar-refractivity contribution in [3.05, 3.63) is 12.3 Å². The lowest BCUT2D eigenvalue weighted by Gasteiger charge is -2.18. The van der Waals surface area contributed by atoms with Crippen molar-refractivity contribution in [3.8, 4) is 0 Å². The molecule has 108 valence electrons. The Bertz CT molecular complexity index is 211. The smallest absolute Gasteiger partial charge is 0.0169 e. The fourth-order valence-electron chi connectivity index (χ4n) is 1.98. The van der Waals surface area contributed by atoms with E-state index in [0.717, 1.165) is 12.5 Å². The lowest BCUT2D eigenvalue weighted by atomic mass is 10.0. The lowest BCUT2D eigenvalue weighted by molar-refractivity contribution is 0.319. The topological polar surface area (TPSA) is 15.3 Å². The van der Waals surface area contributed by atoms with Crippen molar-refractivity contribution in [1.29, 1.82) is 0 Å². The van der Waals surface area contributed by atoms with Gasteiger partial charge in [0.05, 0.1) is 0 Å². The van der Waals surface area contributed by atoms with Crippen LogP contribution < -0.4 is 5.32 Å². The van der Waals surface area contributed by atoms with Gasteiger partial charge in [-0.15, -0.1) is 0 Å². The Hall–Kier alpha value is -0.500. The zero-order valence-electron chi connectivity index (χ0n) is 13.3. The maximum absolute atomic E-state index is 4.05. The first-order valence-corrected chi connectivity index (χ1v) is 7.58. The molecule has 0 radical (unpaired) electrons. The second-order valence-corrected chi connectivity index (χ2v) is 5.97. The van der Waals surface area contributed by atoms with E-state index in [4.69, 9.17) is 0 Å². The SMILES string of the molecule is C=C(NCC(C)CCCCN(C)CCC)C(C)C. The molecule has 1 N–H and O–H groups in total. The molecular formula is C16H34N2. The minimum atomic E-state index is 0.542. The summed E-state index contributed by atoms with van der Waals surface area (Å²) in [4.78, 5) is 2.43. The van der Waals surface area contributed by atoms with E-state index in [9.17, 15) is 0 Å². The molecular weight excluding hydrogens is 220 g/mol. The van der Waals surface area contributed by atoms with Gasteiger partial charge in [0.15, 0.2) is 0 Å². The monoisotopic (exact) mass is 254 g/mol. The van der Waals surface area contributed by atoms with Crippen LogP contribution in [-0.2, 0) is 0 Å². The molecule has 0 spiro atoms. The molecule has 0 amide bonds. The van der Waals surface area contributed by atoms with E-state index < -0.39 is 0 Å². The Labute approximate surface area is 115 Å². The predicted molar refractivity (Wildman–Crippen MR) is 82.8 cm³/mol. The quantitative estimate of drug-likeness (QED) is 0.563. The minimum absolute atomic E-state index is 0.542. The number of hydrogen-bond acceptors (Lipinski definition) is 2. The normalized spacial score (nSPS) is 13.1. The first-order valence-electron chi connectivity index (χ1n) is 7.58. The zero-order valence-corrected chi connectivity index (χ0v) is 13.3. The predicted octanol–water partition coefficient (Wildman–Crippen LogP) is 3.89. The molecule has 1 atom stereocenters. The molecule has 0 aromatic carbocycles. The minimum Gasteiger partial charge on any atom is -0.388 e. The van der Waals surface area contributed by atoms with Crippen LogP contribution in [0.15, 0.2) is 12.3 Å². The maximum Gasteiger partial charge on any atom is 0.0169 e. The average Bonchev–Trinajstić information content (AvgIpc) is 2.31. The highest BCUT2D eigenvalue weighted by molar-refractivity contribution is 4.94. The van der Waals surface area contributed by atoms with Crippen molar-refractivity contribution in [2.24, 2.45) is 11.8 Å². The summed E-state index contributed by atoms with van der Waals surface area (Å²) in [7, 11) is 2.22. The van der Waals surface area contributed by atoms with Crippen LogP contribution in [0.4, 0.5) is 0 Å². The van der Waals surface area contributed by atoms with Crippen molar-refractivity contribution in [2.75, 3.05) is 26.7 Å². The molecule has 0 aromatic rings. The molecule has 1 unspecified atom stereocenters. The van der Waals surface area contributed by atoms with E-state index in [0.29, 0.717) is 5.92 Å². The summed E-state index contributed by atoms with van der Waals surface area (Å²) in [6, 6.07) is 0. The molecule has 0 fully saturated rings. The molecule has 0 aliphatic rings. The van der Waals surface area contributed by atoms with Crippen LogP contribution in [0.3, 0.4) is 0 Å². The van der Waals surface area contributed by atoms with Gasteiger partial charge in [-0.1, -0.05) is 40.7 Å². The maximum atomic E-state index is 4.05. The van der Waals surface area contributed by atoms with Crippen molar-refractivity contribution in [3.63, 3.8) is 0 Å². The van der Waals surface area contributed by atoms with Crippen LogP contribution in [0.2, 0.25) is 0 Å². The van der Waals surface area contributed by atoms with Gasteiger partial charge >= 0.3 is 0 Å². The second-order valence-electron chi connectivity index (χ2n) is 5.97. The Balaban J connectivity index is 3.48. The summed E-state index contributed by atoms with van der Waals surface area (Å²) >= 11 is 0. The van der Waals surface area contributed by atoms with E-state index in [1.165, 1.54) is 44.5 Å². The molecule has 0 bridgehead atoms. The summed E-state index contributed by atoms with van der Waals surface area (Å²) < 4.78 is 0. The third kappa shape index (κ3) is 9.52. The Kier molecular flexibility index (Phi) is 10.1. The molecule has 0 saturated carbocycles. The van der Waals surface area contributed by atoms with E-state index in [2.05, 4.69) is 51.5 Å². The van der Waals surface area contributed by atoms with Crippen LogP contribution in [0.1, 0.15) is 53.4 Å². The lowest BCUT2D eigenvalue weighted by Crippen LogP contribution is -2.23. The van der Waals surface area contributed by atoms with Crippen LogP contribution in [0.25, 0.3) is 0 Å². The largest absolute Gasteiger partial charge is 0.388 e. The number of nitrogens with one attached hydrogen (secondary N) is 1. The molecule has 0 heterocycles. The second kappa shape index (κ2) is 10.4. The van der Waals surface area contributed by atoms with Gasteiger partial charge in [-0.25, -0.2) is 0 Å². The van der Waals surface area contributed by atoms with Gasteiger partial charge in [-0.2, -0.15) is 0 Å². The van der Waals surface area contributed by atoms with Gasteiger partial charge in [-0.05, 0) is 51.2 Å². The van der Waals surface area contributed by atoms with Gasteiger partial charge < -0.3 is 10.2 Å². The van der Waals surface area contributed by atoms with Gasteiger partial charge in [0.25, 0.3) is 0 Å². The molecule has 18 heavy (non-hydrogen) atoms. The highest BCUT2D eigenvalue weighted by Gasteiger charge is 2.05. The third-order valence-electron chi connectivity index (χ3n) is 3.47. The average molecular weight is 254 g/mol. The van der Waals surface area contributed by atoms with E-state index >= 15 is 0 Å². The van der Waals surface area contributed by atoms with Crippen LogP contribution in [0.5, 0.6) is 0 Å². The Morgan fingerprint density at radius 3 is 2.39 bits per heavy atom. The van der Waals surface area contributed by atoms with Crippen molar-refractivity contribution in [2.45, 2.75) is 53.4 Å².